The second-order valence-corrected chi connectivity index (χ2v) is 15.4. The fraction of sp³-hybridized carbons (Fsp3) is 0.379. The van der Waals surface area contributed by atoms with E-state index in [1.54, 1.807) is 0 Å². The van der Waals surface area contributed by atoms with E-state index in [2.05, 4.69) is 133 Å². The van der Waals surface area contributed by atoms with Crippen LogP contribution in [0.2, 0.25) is 5.04 Å². The van der Waals surface area contributed by atoms with E-state index in [4.69, 9.17) is 4.43 Å². The largest absolute Gasteiger partial charge is 0.404 e. The van der Waals surface area contributed by atoms with Gasteiger partial charge < -0.3 is 4.43 Å². The number of hydrogen-bond acceptors (Lipinski definition) is 2. The van der Waals surface area contributed by atoms with Crippen LogP contribution in [0.1, 0.15) is 52.1 Å². The van der Waals surface area contributed by atoms with Crippen molar-refractivity contribution in [2.45, 2.75) is 57.7 Å². The Balaban J connectivity index is 1.57. The number of hydrogen-bond donors (Lipinski definition) is 0. The van der Waals surface area contributed by atoms with Gasteiger partial charge in [0.15, 0.2) is 0 Å². The second-order valence-electron chi connectivity index (χ2n) is 10.2. The molecule has 0 aromatic heterocycles. The first-order chi connectivity index (χ1) is 15.8. The Morgan fingerprint density at radius 2 is 1.30 bits per heavy atom. The topological polar surface area (TPSA) is 12.5 Å². The summed E-state index contributed by atoms with van der Waals surface area (Å²) in [4.78, 5) is 2.61. The van der Waals surface area contributed by atoms with Crippen LogP contribution in [0.3, 0.4) is 0 Å². The summed E-state index contributed by atoms with van der Waals surface area (Å²) in [5.74, 6) is 0. The number of piperidine rings is 1. The molecule has 2 nitrogen and oxygen atoms in total. The van der Waals surface area contributed by atoms with Gasteiger partial charge in [0, 0.05) is 29.7 Å². The summed E-state index contributed by atoms with van der Waals surface area (Å²) in [5, 5.41) is 2.76. The Morgan fingerprint density at radius 1 is 0.818 bits per heavy atom. The molecule has 0 radical (unpaired) electrons. The predicted octanol–water partition coefficient (Wildman–Crippen LogP) is 6.55. The Bertz CT molecular complexity index is 969. The molecule has 3 aromatic rings. The molecule has 0 aliphatic carbocycles. The number of halogens is 1. The number of rotatable bonds is 6. The van der Waals surface area contributed by atoms with Crippen LogP contribution in [0.5, 0.6) is 0 Å². The van der Waals surface area contributed by atoms with Crippen molar-refractivity contribution in [3.05, 3.63) is 95.0 Å². The zero-order valence-corrected chi connectivity index (χ0v) is 22.9. The monoisotopic (exact) mass is 521 g/mol. The molecule has 1 fully saturated rings. The van der Waals surface area contributed by atoms with E-state index < -0.39 is 8.32 Å². The molecule has 1 aliphatic rings. The van der Waals surface area contributed by atoms with Crippen molar-refractivity contribution in [1.29, 1.82) is 0 Å². The fourth-order valence-corrected chi connectivity index (χ4v) is 10.3. The van der Waals surface area contributed by atoms with Gasteiger partial charge in [-0.25, -0.2) is 0 Å². The first kappa shape index (κ1) is 24.4. The van der Waals surface area contributed by atoms with Crippen LogP contribution in [-0.4, -0.2) is 32.4 Å². The highest BCUT2D eigenvalue weighted by Gasteiger charge is 2.51. The zero-order chi connectivity index (χ0) is 23.5. The lowest BCUT2D eigenvalue weighted by atomic mass is 10.0. The third-order valence-corrected chi connectivity index (χ3v) is 12.8. The fourth-order valence-electron chi connectivity index (χ4n) is 5.27. The average Bonchev–Trinajstić information content (AvgIpc) is 2.83. The summed E-state index contributed by atoms with van der Waals surface area (Å²) >= 11 is 3.55. The first-order valence-electron chi connectivity index (χ1n) is 12.1. The maximum absolute atomic E-state index is 7.37. The Hall–Kier alpha value is -1.72. The van der Waals surface area contributed by atoms with Crippen LogP contribution < -0.4 is 10.4 Å². The normalized spacial score (nSPS) is 17.1. The number of likely N-dealkylation sites (tertiary alicyclic amines) is 1. The highest BCUT2D eigenvalue weighted by atomic mass is 79.9. The molecular formula is C29H36BrNOSi. The van der Waals surface area contributed by atoms with Crippen molar-refractivity contribution in [2.24, 2.45) is 0 Å². The van der Waals surface area contributed by atoms with Gasteiger partial charge in [0.2, 0.25) is 0 Å². The highest BCUT2D eigenvalue weighted by Crippen LogP contribution is 2.39. The van der Waals surface area contributed by atoms with E-state index in [9.17, 15) is 0 Å². The minimum Gasteiger partial charge on any atom is -0.404 e. The Morgan fingerprint density at radius 3 is 1.76 bits per heavy atom. The van der Waals surface area contributed by atoms with Gasteiger partial charge in [-0.2, -0.15) is 0 Å². The van der Waals surface area contributed by atoms with Gasteiger partial charge in [-0.15, -0.1) is 0 Å². The molecule has 3 aromatic carbocycles. The molecule has 0 unspecified atom stereocenters. The summed E-state index contributed by atoms with van der Waals surface area (Å²) in [6.07, 6.45) is 2.43. The molecule has 1 heterocycles. The molecule has 4 rings (SSSR count). The number of benzene rings is 3. The quantitative estimate of drug-likeness (QED) is 0.341. The summed E-state index contributed by atoms with van der Waals surface area (Å²) in [6, 6.07) is 31.2. The standard InChI is InChI=1S/C29H36BrNOSi/c1-23(24-15-17-25(30)18-16-24)31-21-19-26(20-22-31)32-33(29(2,3)4,27-11-7-5-8-12-27)28-13-9-6-10-14-28/h5-18,23,26H,19-22H2,1-4H3/t23-/m0/s1. The van der Waals surface area contributed by atoms with Crippen molar-refractivity contribution in [3.63, 3.8) is 0 Å². The molecule has 0 N–H and O–H groups in total. The minimum atomic E-state index is -2.48. The first-order valence-corrected chi connectivity index (χ1v) is 14.8. The molecule has 33 heavy (non-hydrogen) atoms. The van der Waals surface area contributed by atoms with Crippen molar-refractivity contribution in [2.75, 3.05) is 13.1 Å². The third kappa shape index (κ3) is 5.19. The molecular weight excluding hydrogens is 486 g/mol. The smallest absolute Gasteiger partial charge is 0.261 e. The lowest BCUT2D eigenvalue weighted by Crippen LogP contribution is -2.68. The minimum absolute atomic E-state index is 0.0254. The van der Waals surface area contributed by atoms with Crippen molar-refractivity contribution < 1.29 is 4.43 Å². The van der Waals surface area contributed by atoms with Crippen LogP contribution in [-0.2, 0) is 4.43 Å². The second kappa shape index (κ2) is 10.3. The maximum atomic E-state index is 7.37. The van der Waals surface area contributed by atoms with E-state index in [-0.39, 0.29) is 11.1 Å². The van der Waals surface area contributed by atoms with Crippen molar-refractivity contribution in [1.82, 2.24) is 4.90 Å². The molecule has 0 bridgehead atoms. The van der Waals surface area contributed by atoms with Gasteiger partial charge in [-0.3, -0.25) is 4.90 Å². The van der Waals surface area contributed by atoms with Gasteiger partial charge in [-0.1, -0.05) is 109 Å². The summed E-state index contributed by atoms with van der Waals surface area (Å²) in [5.41, 5.74) is 1.38. The van der Waals surface area contributed by atoms with E-state index in [0.29, 0.717) is 6.04 Å². The maximum Gasteiger partial charge on any atom is 0.261 e. The summed E-state index contributed by atoms with van der Waals surface area (Å²) < 4.78 is 8.51. The summed E-state index contributed by atoms with van der Waals surface area (Å²) in [6.45, 7) is 11.6. The third-order valence-electron chi connectivity index (χ3n) is 7.14. The molecule has 1 saturated heterocycles. The van der Waals surface area contributed by atoms with E-state index in [1.807, 2.05) is 0 Å². The van der Waals surface area contributed by atoms with Crippen LogP contribution in [0, 0.1) is 0 Å². The van der Waals surface area contributed by atoms with Gasteiger partial charge >= 0.3 is 0 Å². The molecule has 1 atom stereocenters. The van der Waals surface area contributed by atoms with Gasteiger partial charge in [0.25, 0.3) is 8.32 Å². The zero-order valence-electron chi connectivity index (χ0n) is 20.3. The molecule has 1 aliphatic heterocycles. The molecule has 4 heteroatoms. The SMILES string of the molecule is C[C@@H](c1ccc(Br)cc1)N1CCC(O[Si](c2ccccc2)(c2ccccc2)C(C)(C)C)CC1. The van der Waals surface area contributed by atoms with Crippen molar-refractivity contribution >= 4 is 34.6 Å². The molecule has 0 saturated carbocycles. The Kier molecular flexibility index (Phi) is 7.59. The van der Waals surface area contributed by atoms with E-state index in [0.717, 1.165) is 30.4 Å². The van der Waals surface area contributed by atoms with Crippen molar-refractivity contribution in [3.8, 4) is 0 Å². The highest BCUT2D eigenvalue weighted by molar-refractivity contribution is 9.10. The van der Waals surface area contributed by atoms with Crippen LogP contribution in [0.25, 0.3) is 0 Å². The van der Waals surface area contributed by atoms with E-state index in [1.165, 1.54) is 15.9 Å². The molecule has 0 amide bonds. The average molecular weight is 523 g/mol. The lowest BCUT2D eigenvalue weighted by molar-refractivity contribution is 0.0736. The van der Waals surface area contributed by atoms with Crippen LogP contribution >= 0.6 is 15.9 Å². The molecule has 0 spiro atoms. The Labute approximate surface area is 209 Å². The lowest BCUT2D eigenvalue weighted by Gasteiger charge is -2.47. The molecule has 174 valence electrons. The van der Waals surface area contributed by atoms with Gasteiger partial charge in [-0.05, 0) is 52.9 Å². The van der Waals surface area contributed by atoms with Gasteiger partial charge in [0.05, 0.1) is 0 Å². The van der Waals surface area contributed by atoms with Crippen LogP contribution in [0.4, 0.5) is 0 Å². The predicted molar refractivity (Wildman–Crippen MR) is 146 cm³/mol. The summed E-state index contributed by atoms with van der Waals surface area (Å²) in [7, 11) is -2.48. The van der Waals surface area contributed by atoms with Gasteiger partial charge in [0.1, 0.15) is 0 Å². The number of nitrogens with zero attached hydrogens (tertiary/aromatic N) is 1. The van der Waals surface area contributed by atoms with Crippen LogP contribution in [0.15, 0.2) is 89.4 Å². The van der Waals surface area contributed by atoms with E-state index >= 15 is 0 Å².